The van der Waals surface area contributed by atoms with Crippen LogP contribution in [0, 0.1) is 10.1 Å². The van der Waals surface area contributed by atoms with E-state index in [1.807, 2.05) is 4.90 Å². The zero-order valence-electron chi connectivity index (χ0n) is 16.3. The summed E-state index contributed by atoms with van der Waals surface area (Å²) in [6.07, 6.45) is -3.39. The second-order valence-electron chi connectivity index (χ2n) is 6.88. The highest BCUT2D eigenvalue weighted by atomic mass is 19.4. The minimum atomic E-state index is -4.73. The minimum Gasteiger partial charge on any atom is -0.353 e. The normalized spacial score (nSPS) is 14.5. The van der Waals surface area contributed by atoms with E-state index >= 15 is 0 Å². The third-order valence-electron chi connectivity index (χ3n) is 4.90. The molecule has 0 radical (unpaired) electrons. The standard InChI is InChI=1S/C19H15F3N6O4/c20-19(21,22)18-24-16(25-32-18)12-5-6-15(23-11-12)26-7-9-27(10-8-26)17(29)13-3-1-2-4-14(13)28(30)31/h1-6,11H,7-10H2. The van der Waals surface area contributed by atoms with Crippen LogP contribution in [-0.4, -0.2) is 57.0 Å². The topological polar surface area (TPSA) is 118 Å². The number of aromatic nitrogens is 3. The van der Waals surface area contributed by atoms with Crippen LogP contribution in [0.2, 0.25) is 0 Å². The predicted molar refractivity (Wildman–Crippen MR) is 104 cm³/mol. The summed E-state index contributed by atoms with van der Waals surface area (Å²) in [7, 11) is 0. The van der Waals surface area contributed by atoms with Gasteiger partial charge < -0.3 is 14.3 Å². The van der Waals surface area contributed by atoms with Crippen LogP contribution in [0.15, 0.2) is 47.1 Å². The van der Waals surface area contributed by atoms with Crippen LogP contribution >= 0.6 is 0 Å². The number of benzene rings is 1. The van der Waals surface area contributed by atoms with Gasteiger partial charge in [-0.1, -0.05) is 17.3 Å². The highest BCUT2D eigenvalue weighted by Crippen LogP contribution is 2.29. The molecule has 0 aliphatic carbocycles. The number of piperazine rings is 1. The molecule has 0 unspecified atom stereocenters. The maximum atomic E-state index is 12.7. The first kappa shape index (κ1) is 21.2. The lowest BCUT2D eigenvalue weighted by Crippen LogP contribution is -2.49. The number of carbonyl (C=O) groups excluding carboxylic acids is 1. The maximum absolute atomic E-state index is 12.7. The van der Waals surface area contributed by atoms with Crippen molar-refractivity contribution in [3.05, 3.63) is 64.2 Å². The van der Waals surface area contributed by atoms with E-state index < -0.39 is 22.9 Å². The van der Waals surface area contributed by atoms with Gasteiger partial charge in [0, 0.05) is 44.0 Å². The van der Waals surface area contributed by atoms with E-state index in [0.717, 1.165) is 0 Å². The molecule has 1 amide bonds. The molecule has 4 rings (SSSR count). The molecular weight excluding hydrogens is 433 g/mol. The average Bonchev–Trinajstić information content (AvgIpc) is 3.30. The van der Waals surface area contributed by atoms with Crippen molar-refractivity contribution in [1.29, 1.82) is 0 Å². The van der Waals surface area contributed by atoms with Gasteiger partial charge in [0.1, 0.15) is 11.4 Å². The lowest BCUT2D eigenvalue weighted by Gasteiger charge is -2.35. The van der Waals surface area contributed by atoms with Crippen LogP contribution in [0.1, 0.15) is 16.2 Å². The SMILES string of the molecule is O=C(c1ccccc1[N+](=O)[O-])N1CCN(c2ccc(-c3noc(C(F)(F)F)n3)cn2)CC1. The fraction of sp³-hybridized carbons (Fsp3) is 0.263. The molecule has 3 aromatic rings. The zero-order valence-corrected chi connectivity index (χ0v) is 16.3. The number of amides is 1. The summed E-state index contributed by atoms with van der Waals surface area (Å²) in [6, 6.07) is 8.92. The first-order valence-corrected chi connectivity index (χ1v) is 9.39. The van der Waals surface area contributed by atoms with Gasteiger partial charge in [0.2, 0.25) is 5.82 Å². The maximum Gasteiger partial charge on any atom is 0.471 e. The highest BCUT2D eigenvalue weighted by molar-refractivity contribution is 5.98. The number of nitro benzene ring substituents is 1. The van der Waals surface area contributed by atoms with Crippen molar-refractivity contribution in [3.63, 3.8) is 0 Å². The predicted octanol–water partition coefficient (Wildman–Crippen LogP) is 3.02. The number of nitrogens with zero attached hydrogens (tertiary/aromatic N) is 6. The lowest BCUT2D eigenvalue weighted by atomic mass is 10.1. The smallest absolute Gasteiger partial charge is 0.353 e. The Kier molecular flexibility index (Phi) is 5.47. The Hall–Kier alpha value is -4.03. The van der Waals surface area contributed by atoms with Gasteiger partial charge in [0.25, 0.3) is 11.6 Å². The zero-order chi connectivity index (χ0) is 22.9. The molecule has 0 atom stereocenters. The Morgan fingerprint density at radius 3 is 2.41 bits per heavy atom. The van der Waals surface area contributed by atoms with Crippen molar-refractivity contribution in [2.45, 2.75) is 6.18 Å². The van der Waals surface area contributed by atoms with Crippen LogP contribution in [0.4, 0.5) is 24.7 Å². The molecule has 1 aliphatic heterocycles. The molecule has 0 N–H and O–H groups in total. The number of hydrogen-bond donors (Lipinski definition) is 0. The number of halogens is 3. The average molecular weight is 448 g/mol. The van der Waals surface area contributed by atoms with Crippen LogP contribution in [0.3, 0.4) is 0 Å². The highest BCUT2D eigenvalue weighted by Gasteiger charge is 2.38. The first-order chi connectivity index (χ1) is 15.2. The molecule has 1 saturated heterocycles. The Morgan fingerprint density at radius 1 is 1.09 bits per heavy atom. The van der Waals surface area contributed by atoms with Crippen LogP contribution in [0.5, 0.6) is 0 Å². The van der Waals surface area contributed by atoms with Gasteiger partial charge in [0.15, 0.2) is 0 Å². The summed E-state index contributed by atoms with van der Waals surface area (Å²) in [5.41, 5.74) is 0.0531. The van der Waals surface area contributed by atoms with E-state index in [1.54, 1.807) is 12.1 Å². The molecule has 1 aromatic carbocycles. The van der Waals surface area contributed by atoms with E-state index in [-0.39, 0.29) is 22.6 Å². The molecule has 0 saturated carbocycles. The Bertz CT molecular complexity index is 1140. The second-order valence-corrected chi connectivity index (χ2v) is 6.88. The quantitative estimate of drug-likeness (QED) is 0.442. The molecule has 1 fully saturated rings. The molecule has 0 spiro atoms. The third kappa shape index (κ3) is 4.22. The third-order valence-corrected chi connectivity index (χ3v) is 4.90. The van der Waals surface area contributed by atoms with Crippen LogP contribution < -0.4 is 4.90 Å². The van der Waals surface area contributed by atoms with Gasteiger partial charge >= 0.3 is 12.1 Å². The van der Waals surface area contributed by atoms with Crippen molar-refractivity contribution in [2.24, 2.45) is 0 Å². The van der Waals surface area contributed by atoms with Gasteiger partial charge in [-0.15, -0.1) is 0 Å². The summed E-state index contributed by atoms with van der Waals surface area (Å²) in [5, 5.41) is 14.5. The summed E-state index contributed by atoms with van der Waals surface area (Å²) >= 11 is 0. The first-order valence-electron chi connectivity index (χ1n) is 9.39. The summed E-state index contributed by atoms with van der Waals surface area (Å²) in [6.45, 7) is 1.51. The van der Waals surface area contributed by atoms with Crippen LogP contribution in [0.25, 0.3) is 11.4 Å². The number of alkyl halides is 3. The van der Waals surface area contributed by atoms with Crippen molar-refractivity contribution in [2.75, 3.05) is 31.1 Å². The summed E-state index contributed by atoms with van der Waals surface area (Å²) in [4.78, 5) is 34.3. The number of pyridine rings is 1. The molecule has 32 heavy (non-hydrogen) atoms. The molecule has 0 bridgehead atoms. The summed E-state index contributed by atoms with van der Waals surface area (Å²) < 4.78 is 42.0. The monoisotopic (exact) mass is 448 g/mol. The molecule has 3 heterocycles. The fourth-order valence-electron chi connectivity index (χ4n) is 3.28. The number of anilines is 1. The van der Waals surface area contributed by atoms with E-state index in [4.69, 9.17) is 0 Å². The Morgan fingerprint density at radius 2 is 1.81 bits per heavy atom. The van der Waals surface area contributed by atoms with Crippen LogP contribution in [-0.2, 0) is 6.18 Å². The van der Waals surface area contributed by atoms with E-state index in [0.29, 0.717) is 32.0 Å². The largest absolute Gasteiger partial charge is 0.471 e. The van der Waals surface area contributed by atoms with E-state index in [9.17, 15) is 28.1 Å². The van der Waals surface area contributed by atoms with E-state index in [2.05, 4.69) is 19.6 Å². The molecule has 10 nitrogen and oxygen atoms in total. The molecule has 13 heteroatoms. The molecular formula is C19H15F3N6O4. The van der Waals surface area contributed by atoms with Crippen molar-refractivity contribution in [1.82, 2.24) is 20.0 Å². The Balaban J connectivity index is 1.41. The summed E-state index contributed by atoms with van der Waals surface area (Å²) in [5.74, 6) is -1.52. The van der Waals surface area contributed by atoms with Gasteiger partial charge in [0.05, 0.1) is 4.92 Å². The van der Waals surface area contributed by atoms with Crippen molar-refractivity contribution in [3.8, 4) is 11.4 Å². The second kappa shape index (κ2) is 8.24. The minimum absolute atomic E-state index is 0.0340. The fourth-order valence-corrected chi connectivity index (χ4v) is 3.28. The number of para-hydroxylation sites is 1. The van der Waals surface area contributed by atoms with Crippen molar-refractivity contribution >= 4 is 17.4 Å². The lowest BCUT2D eigenvalue weighted by molar-refractivity contribution is -0.385. The molecule has 166 valence electrons. The van der Waals surface area contributed by atoms with Gasteiger partial charge in [-0.3, -0.25) is 14.9 Å². The van der Waals surface area contributed by atoms with Gasteiger partial charge in [-0.05, 0) is 18.2 Å². The van der Waals surface area contributed by atoms with Gasteiger partial charge in [-0.25, -0.2) is 4.98 Å². The number of nitro groups is 1. The number of rotatable bonds is 4. The van der Waals surface area contributed by atoms with Crippen molar-refractivity contribution < 1.29 is 27.4 Å². The number of carbonyl (C=O) groups is 1. The molecule has 2 aromatic heterocycles. The van der Waals surface area contributed by atoms with E-state index in [1.165, 1.54) is 35.4 Å². The Labute approximate surface area is 178 Å². The van der Waals surface area contributed by atoms with Gasteiger partial charge in [-0.2, -0.15) is 18.2 Å². The number of hydrogen-bond acceptors (Lipinski definition) is 8. The molecule has 1 aliphatic rings.